The second kappa shape index (κ2) is 5.45. The molecule has 0 saturated heterocycles. The largest absolute Gasteiger partial charge is 0.454 e. The van der Waals surface area contributed by atoms with Crippen LogP contribution in [0.3, 0.4) is 0 Å². The van der Waals surface area contributed by atoms with Crippen LogP contribution in [0.25, 0.3) is 0 Å². The highest BCUT2D eigenvalue weighted by Gasteiger charge is 2.19. The smallest absolute Gasteiger partial charge is 0.311 e. The number of hydrogen-bond acceptors (Lipinski definition) is 6. The fourth-order valence-electron chi connectivity index (χ4n) is 2.01. The van der Waals surface area contributed by atoms with Crippen LogP contribution in [0.15, 0.2) is 30.3 Å². The van der Waals surface area contributed by atoms with Crippen LogP contribution in [-0.2, 0) is 6.54 Å². The standard InChI is InChI=1S/C13H10ClN3O4/c14-11-5-4-9(17(18)19)13(16-11)15-6-8-2-1-3-10-12(8)21-7-20-10/h1-5H,6-7H2,(H,15,16). The van der Waals surface area contributed by atoms with Gasteiger partial charge in [-0.2, -0.15) is 0 Å². The zero-order valence-electron chi connectivity index (χ0n) is 10.7. The van der Waals surface area contributed by atoms with Crippen molar-refractivity contribution in [3.63, 3.8) is 0 Å². The first kappa shape index (κ1) is 13.4. The molecule has 0 amide bonds. The van der Waals surface area contributed by atoms with E-state index in [1.807, 2.05) is 12.1 Å². The van der Waals surface area contributed by atoms with Gasteiger partial charge in [-0.3, -0.25) is 10.1 Å². The Labute approximate surface area is 124 Å². The minimum Gasteiger partial charge on any atom is -0.454 e. The Kier molecular flexibility index (Phi) is 3.49. The Balaban J connectivity index is 1.84. The van der Waals surface area contributed by atoms with Gasteiger partial charge in [0.2, 0.25) is 12.6 Å². The second-order valence-electron chi connectivity index (χ2n) is 4.26. The highest BCUT2D eigenvalue weighted by molar-refractivity contribution is 6.29. The lowest BCUT2D eigenvalue weighted by Gasteiger charge is -2.08. The summed E-state index contributed by atoms with van der Waals surface area (Å²) >= 11 is 5.78. The number of fused-ring (bicyclic) bond motifs is 1. The van der Waals surface area contributed by atoms with Crippen molar-refractivity contribution in [2.24, 2.45) is 0 Å². The number of rotatable bonds is 4. The molecule has 0 radical (unpaired) electrons. The Bertz CT molecular complexity index is 708. The maximum Gasteiger partial charge on any atom is 0.311 e. The van der Waals surface area contributed by atoms with E-state index in [2.05, 4.69) is 10.3 Å². The molecule has 1 aromatic carbocycles. The van der Waals surface area contributed by atoms with Crippen molar-refractivity contribution >= 4 is 23.1 Å². The number of benzene rings is 1. The van der Waals surface area contributed by atoms with Gasteiger partial charge in [0.1, 0.15) is 5.15 Å². The first-order valence-corrected chi connectivity index (χ1v) is 6.45. The normalized spacial score (nSPS) is 12.2. The Morgan fingerprint density at radius 1 is 1.33 bits per heavy atom. The van der Waals surface area contributed by atoms with Gasteiger partial charge in [0.15, 0.2) is 11.5 Å². The number of pyridine rings is 1. The summed E-state index contributed by atoms with van der Waals surface area (Å²) in [5, 5.41) is 14.1. The Hall–Kier alpha value is -2.54. The second-order valence-corrected chi connectivity index (χ2v) is 4.65. The summed E-state index contributed by atoms with van der Waals surface area (Å²) in [6.07, 6.45) is 0. The first-order chi connectivity index (χ1) is 10.1. The molecule has 21 heavy (non-hydrogen) atoms. The summed E-state index contributed by atoms with van der Waals surface area (Å²) < 4.78 is 10.7. The summed E-state index contributed by atoms with van der Waals surface area (Å²) in [6.45, 7) is 0.475. The van der Waals surface area contributed by atoms with Gasteiger partial charge >= 0.3 is 5.69 Å². The third-order valence-electron chi connectivity index (χ3n) is 2.96. The fourth-order valence-corrected chi connectivity index (χ4v) is 2.16. The van der Waals surface area contributed by atoms with Gasteiger partial charge < -0.3 is 14.8 Å². The van der Waals surface area contributed by atoms with E-state index in [-0.39, 0.29) is 23.5 Å². The molecular weight excluding hydrogens is 298 g/mol. The van der Waals surface area contributed by atoms with Crippen LogP contribution >= 0.6 is 11.6 Å². The molecule has 1 aliphatic rings. The number of nitrogens with zero attached hydrogens (tertiary/aromatic N) is 2. The molecule has 2 aromatic rings. The molecule has 3 rings (SSSR count). The third-order valence-corrected chi connectivity index (χ3v) is 3.17. The number of halogens is 1. The number of nitrogens with one attached hydrogen (secondary N) is 1. The van der Waals surface area contributed by atoms with Gasteiger partial charge in [-0.15, -0.1) is 0 Å². The van der Waals surface area contributed by atoms with E-state index in [0.29, 0.717) is 18.0 Å². The van der Waals surface area contributed by atoms with Crippen LogP contribution in [0.1, 0.15) is 5.56 Å². The number of ether oxygens (including phenoxy) is 2. The Morgan fingerprint density at radius 2 is 2.19 bits per heavy atom. The van der Waals surface area contributed by atoms with Crippen LogP contribution in [0.5, 0.6) is 11.5 Å². The van der Waals surface area contributed by atoms with E-state index in [9.17, 15) is 10.1 Å². The highest BCUT2D eigenvalue weighted by Crippen LogP contribution is 2.36. The van der Waals surface area contributed by atoms with Crippen molar-refractivity contribution in [1.82, 2.24) is 4.98 Å². The zero-order chi connectivity index (χ0) is 14.8. The molecule has 1 N–H and O–H groups in total. The molecule has 0 atom stereocenters. The van der Waals surface area contributed by atoms with Crippen molar-refractivity contribution in [2.75, 3.05) is 12.1 Å². The topological polar surface area (TPSA) is 86.5 Å². The van der Waals surface area contributed by atoms with Gasteiger partial charge in [-0.25, -0.2) is 4.98 Å². The molecule has 0 spiro atoms. The van der Waals surface area contributed by atoms with Crippen molar-refractivity contribution < 1.29 is 14.4 Å². The molecule has 2 heterocycles. The maximum absolute atomic E-state index is 11.0. The van der Waals surface area contributed by atoms with Crippen molar-refractivity contribution in [3.05, 3.63) is 51.2 Å². The van der Waals surface area contributed by atoms with Crippen LogP contribution < -0.4 is 14.8 Å². The molecule has 0 aliphatic carbocycles. The molecule has 0 saturated carbocycles. The van der Waals surface area contributed by atoms with Crippen molar-refractivity contribution in [3.8, 4) is 11.5 Å². The molecule has 0 fully saturated rings. The van der Waals surface area contributed by atoms with Crippen LogP contribution in [0.4, 0.5) is 11.5 Å². The minimum atomic E-state index is -0.513. The summed E-state index contributed by atoms with van der Waals surface area (Å²) in [5.41, 5.74) is 0.685. The van der Waals surface area contributed by atoms with Crippen molar-refractivity contribution in [1.29, 1.82) is 0 Å². The summed E-state index contributed by atoms with van der Waals surface area (Å²) in [5.74, 6) is 1.40. The summed E-state index contributed by atoms with van der Waals surface area (Å²) in [6, 6.07) is 8.15. The lowest BCUT2D eigenvalue weighted by atomic mass is 10.2. The zero-order valence-corrected chi connectivity index (χ0v) is 11.5. The van der Waals surface area contributed by atoms with Crippen LogP contribution in [0.2, 0.25) is 5.15 Å². The van der Waals surface area contributed by atoms with E-state index in [4.69, 9.17) is 21.1 Å². The van der Waals surface area contributed by atoms with E-state index in [1.54, 1.807) is 6.07 Å². The van der Waals surface area contributed by atoms with E-state index in [0.717, 1.165) is 5.56 Å². The lowest BCUT2D eigenvalue weighted by molar-refractivity contribution is -0.384. The highest BCUT2D eigenvalue weighted by atomic mass is 35.5. The van der Waals surface area contributed by atoms with Gasteiger partial charge in [-0.1, -0.05) is 23.7 Å². The van der Waals surface area contributed by atoms with Crippen LogP contribution in [-0.4, -0.2) is 16.7 Å². The molecule has 108 valence electrons. The molecular formula is C13H10ClN3O4. The van der Waals surface area contributed by atoms with E-state index >= 15 is 0 Å². The average Bonchev–Trinajstić information content (AvgIpc) is 2.93. The minimum absolute atomic E-state index is 0.115. The number of hydrogen-bond donors (Lipinski definition) is 1. The fraction of sp³-hybridized carbons (Fsp3) is 0.154. The van der Waals surface area contributed by atoms with E-state index < -0.39 is 4.92 Å². The number of nitro groups is 1. The monoisotopic (exact) mass is 307 g/mol. The molecule has 8 heteroatoms. The molecule has 0 unspecified atom stereocenters. The van der Waals surface area contributed by atoms with Crippen LogP contribution in [0, 0.1) is 10.1 Å². The maximum atomic E-state index is 11.0. The predicted molar refractivity (Wildman–Crippen MR) is 75.8 cm³/mol. The first-order valence-electron chi connectivity index (χ1n) is 6.07. The van der Waals surface area contributed by atoms with Gasteiger partial charge in [0.05, 0.1) is 4.92 Å². The molecule has 1 aliphatic heterocycles. The summed E-state index contributed by atoms with van der Waals surface area (Å²) in [7, 11) is 0. The summed E-state index contributed by atoms with van der Waals surface area (Å²) in [4.78, 5) is 14.4. The quantitative estimate of drug-likeness (QED) is 0.531. The number of anilines is 1. The Morgan fingerprint density at radius 3 is 3.00 bits per heavy atom. The van der Waals surface area contributed by atoms with Crippen molar-refractivity contribution in [2.45, 2.75) is 6.54 Å². The van der Waals surface area contributed by atoms with Gasteiger partial charge in [0.25, 0.3) is 0 Å². The average molecular weight is 308 g/mol. The van der Waals surface area contributed by atoms with E-state index in [1.165, 1.54) is 12.1 Å². The molecule has 7 nitrogen and oxygen atoms in total. The number of aromatic nitrogens is 1. The molecule has 1 aromatic heterocycles. The van der Waals surface area contributed by atoms with Gasteiger partial charge in [-0.05, 0) is 12.1 Å². The SMILES string of the molecule is O=[N+]([O-])c1ccc(Cl)nc1NCc1cccc2c1OCO2. The van der Waals surface area contributed by atoms with Gasteiger partial charge in [0, 0.05) is 18.2 Å². The lowest BCUT2D eigenvalue weighted by Crippen LogP contribution is -2.05. The predicted octanol–water partition coefficient (Wildman–Crippen LogP) is 2.98. The number of para-hydroxylation sites is 1. The molecule has 0 bridgehead atoms. The third kappa shape index (κ3) is 2.68.